The van der Waals surface area contributed by atoms with Crippen LogP contribution in [0.3, 0.4) is 0 Å². The van der Waals surface area contributed by atoms with Gasteiger partial charge in [0.25, 0.3) is 0 Å². The zero-order chi connectivity index (χ0) is 16.6. The zero-order valence-corrected chi connectivity index (χ0v) is 15.0. The van der Waals surface area contributed by atoms with Gasteiger partial charge in [-0.2, -0.15) is 5.26 Å². The zero-order valence-electron chi connectivity index (χ0n) is 15.0. The number of hydrogen-bond acceptors (Lipinski definition) is 2. The third-order valence-electron chi connectivity index (χ3n) is 8.92. The van der Waals surface area contributed by atoms with E-state index < -0.39 is 0 Å². The highest BCUT2D eigenvalue weighted by atomic mass is 16.1. The van der Waals surface area contributed by atoms with Crippen molar-refractivity contribution in [2.45, 2.75) is 58.8 Å². The Kier molecular flexibility index (Phi) is 3.14. The summed E-state index contributed by atoms with van der Waals surface area (Å²) >= 11 is 0. The van der Waals surface area contributed by atoms with Crippen LogP contribution in [0.4, 0.5) is 0 Å². The lowest BCUT2D eigenvalue weighted by molar-refractivity contribution is -0.116. The van der Waals surface area contributed by atoms with E-state index in [9.17, 15) is 10.1 Å². The van der Waals surface area contributed by atoms with E-state index in [0.717, 1.165) is 48.9 Å². The Hall–Kier alpha value is -1.10. The second-order valence-electron chi connectivity index (χ2n) is 9.68. The first-order chi connectivity index (χ1) is 11.6. The van der Waals surface area contributed by atoms with Crippen LogP contribution in [-0.4, -0.2) is 5.78 Å². The highest BCUT2D eigenvalue weighted by Crippen LogP contribution is 2.75. The van der Waals surface area contributed by atoms with Crippen molar-refractivity contribution in [3.05, 3.63) is 11.6 Å². The van der Waals surface area contributed by atoms with Gasteiger partial charge in [0, 0.05) is 6.42 Å². The molecule has 0 heterocycles. The van der Waals surface area contributed by atoms with E-state index in [4.69, 9.17) is 0 Å². The Morgan fingerprint density at radius 2 is 2.12 bits per heavy atom. The smallest absolute Gasteiger partial charge is 0.155 e. The molecule has 0 aliphatic heterocycles. The average molecular weight is 323 g/mol. The number of rotatable bonds is 1. The van der Waals surface area contributed by atoms with Crippen molar-refractivity contribution in [2.24, 2.45) is 52.8 Å². The van der Waals surface area contributed by atoms with Gasteiger partial charge >= 0.3 is 0 Å². The number of fused-ring (bicyclic) bond motifs is 7. The van der Waals surface area contributed by atoms with Crippen LogP contribution < -0.4 is 0 Å². The van der Waals surface area contributed by atoms with Crippen LogP contribution in [0.25, 0.3) is 0 Å². The van der Waals surface area contributed by atoms with Crippen LogP contribution in [0.1, 0.15) is 58.8 Å². The molecular formula is C22H29NO. The lowest BCUT2D eigenvalue weighted by atomic mass is 9.47. The Balaban J connectivity index is 1.55. The average Bonchev–Trinajstić information content (AvgIpc) is 3.28. The number of nitrogens with zero attached hydrogens (tertiary/aromatic N) is 1. The number of hydrogen-bond donors (Lipinski definition) is 0. The van der Waals surface area contributed by atoms with Crippen molar-refractivity contribution in [1.82, 2.24) is 0 Å². The third-order valence-corrected chi connectivity index (χ3v) is 8.92. The van der Waals surface area contributed by atoms with Crippen molar-refractivity contribution in [3.63, 3.8) is 0 Å². The molecule has 4 fully saturated rings. The fourth-order valence-electron chi connectivity index (χ4n) is 7.98. The fraction of sp³-hybridized carbons (Fsp3) is 0.818. The molecule has 2 nitrogen and oxygen atoms in total. The topological polar surface area (TPSA) is 40.9 Å². The Bertz CT molecular complexity index is 657. The monoisotopic (exact) mass is 323 g/mol. The molecule has 9 atom stereocenters. The van der Waals surface area contributed by atoms with Gasteiger partial charge in [0.2, 0.25) is 0 Å². The van der Waals surface area contributed by atoms with Gasteiger partial charge < -0.3 is 0 Å². The van der Waals surface area contributed by atoms with Gasteiger partial charge in [0.1, 0.15) is 0 Å². The molecule has 0 aromatic rings. The van der Waals surface area contributed by atoms with Gasteiger partial charge in [-0.3, -0.25) is 4.79 Å². The number of nitriles is 1. The van der Waals surface area contributed by atoms with Crippen molar-refractivity contribution in [2.75, 3.05) is 0 Å². The summed E-state index contributed by atoms with van der Waals surface area (Å²) in [4.78, 5) is 11.9. The molecule has 4 saturated carbocycles. The first-order valence-corrected chi connectivity index (χ1v) is 10.2. The van der Waals surface area contributed by atoms with Crippen LogP contribution in [-0.2, 0) is 4.79 Å². The van der Waals surface area contributed by atoms with Crippen molar-refractivity contribution >= 4 is 5.78 Å². The second kappa shape index (κ2) is 4.96. The van der Waals surface area contributed by atoms with Crippen LogP contribution in [0.15, 0.2) is 11.6 Å². The Morgan fingerprint density at radius 1 is 1.29 bits per heavy atom. The molecule has 5 rings (SSSR count). The van der Waals surface area contributed by atoms with Gasteiger partial charge in [0.05, 0.1) is 12.0 Å². The maximum Gasteiger partial charge on any atom is 0.155 e. The number of carbonyl (C=O) groups excluding carboxylic acids is 1. The van der Waals surface area contributed by atoms with E-state index in [1.165, 1.54) is 31.3 Å². The third kappa shape index (κ3) is 1.80. The lowest BCUT2D eigenvalue weighted by Crippen LogP contribution is -2.51. The summed E-state index contributed by atoms with van der Waals surface area (Å²) in [6.45, 7) is 4.80. The molecule has 0 radical (unpaired) electrons. The summed E-state index contributed by atoms with van der Waals surface area (Å²) in [5.74, 6) is 6.06. The molecule has 128 valence electrons. The van der Waals surface area contributed by atoms with Crippen LogP contribution in [0.2, 0.25) is 0 Å². The van der Waals surface area contributed by atoms with Crippen LogP contribution in [0, 0.1) is 64.1 Å². The first-order valence-electron chi connectivity index (χ1n) is 10.2. The minimum Gasteiger partial charge on any atom is -0.295 e. The van der Waals surface area contributed by atoms with E-state index in [-0.39, 0.29) is 5.41 Å². The highest BCUT2D eigenvalue weighted by Gasteiger charge is 2.70. The molecule has 5 aliphatic rings. The standard InChI is InChI=1S/C22H29NO/c1-3-12-8-13-9-14(24)4-5-15(13)16-6-7-22(2)19(11-23)17-10-18(17)21(22)20(12)16/h9,12,15-21H,3-8,10H2,1-2H3/t12-,15-,16+,17-,18+,19-,20+,21-,22+/m0/s1. The van der Waals surface area contributed by atoms with Crippen molar-refractivity contribution in [1.29, 1.82) is 5.26 Å². The predicted octanol–water partition coefficient (Wildman–Crippen LogP) is 4.76. The Morgan fingerprint density at radius 3 is 2.88 bits per heavy atom. The highest BCUT2D eigenvalue weighted by molar-refractivity contribution is 5.91. The summed E-state index contributed by atoms with van der Waals surface area (Å²) in [6, 6.07) is 2.73. The minimum absolute atomic E-state index is 0.280. The van der Waals surface area contributed by atoms with E-state index in [0.29, 0.717) is 23.5 Å². The summed E-state index contributed by atoms with van der Waals surface area (Å²) in [5.41, 5.74) is 1.77. The first kappa shape index (κ1) is 15.2. The number of allylic oxidation sites excluding steroid dienone is 1. The van der Waals surface area contributed by atoms with Gasteiger partial charge in [-0.25, -0.2) is 0 Å². The molecule has 0 saturated heterocycles. The molecule has 0 bridgehead atoms. The largest absolute Gasteiger partial charge is 0.295 e. The minimum atomic E-state index is 0.280. The molecule has 0 aromatic heterocycles. The summed E-state index contributed by atoms with van der Waals surface area (Å²) in [7, 11) is 0. The van der Waals surface area contributed by atoms with E-state index in [2.05, 4.69) is 19.9 Å². The van der Waals surface area contributed by atoms with Gasteiger partial charge in [-0.15, -0.1) is 0 Å². The summed E-state index contributed by atoms with van der Waals surface area (Å²) < 4.78 is 0. The predicted molar refractivity (Wildman–Crippen MR) is 92.7 cm³/mol. The molecule has 0 spiro atoms. The second-order valence-corrected chi connectivity index (χ2v) is 9.68. The molecule has 2 heteroatoms. The quantitative estimate of drug-likeness (QED) is 0.698. The number of carbonyl (C=O) groups is 1. The molecule has 0 amide bonds. The molecule has 24 heavy (non-hydrogen) atoms. The van der Waals surface area contributed by atoms with Gasteiger partial charge in [-0.05, 0) is 85.0 Å². The normalized spacial score (nSPS) is 54.7. The fourth-order valence-corrected chi connectivity index (χ4v) is 7.98. The van der Waals surface area contributed by atoms with Crippen molar-refractivity contribution < 1.29 is 4.79 Å². The van der Waals surface area contributed by atoms with Crippen LogP contribution >= 0.6 is 0 Å². The maximum atomic E-state index is 11.9. The van der Waals surface area contributed by atoms with E-state index >= 15 is 0 Å². The molecule has 0 aromatic carbocycles. The summed E-state index contributed by atoms with van der Waals surface area (Å²) in [6.07, 6.45) is 10.2. The maximum absolute atomic E-state index is 11.9. The molecule has 0 unspecified atom stereocenters. The number of ketones is 1. The molecule has 5 aliphatic carbocycles. The SMILES string of the molecule is CC[C@H]1CC2=CC(=O)CC[C@@H]2[C@H]2CC[C@@]3(C)[C@@H]([C@@H]4C[C@@H]4[C@@H]3C#N)[C@H]12. The van der Waals surface area contributed by atoms with Crippen molar-refractivity contribution in [3.8, 4) is 6.07 Å². The lowest BCUT2D eigenvalue weighted by Gasteiger charge is -2.57. The molecule has 0 N–H and O–H groups in total. The summed E-state index contributed by atoms with van der Waals surface area (Å²) in [5, 5.41) is 9.81. The van der Waals surface area contributed by atoms with Gasteiger partial charge in [0.15, 0.2) is 5.78 Å². The van der Waals surface area contributed by atoms with Gasteiger partial charge in [-0.1, -0.05) is 25.8 Å². The van der Waals surface area contributed by atoms with E-state index in [1.54, 1.807) is 0 Å². The van der Waals surface area contributed by atoms with Crippen LogP contribution in [0.5, 0.6) is 0 Å². The van der Waals surface area contributed by atoms with E-state index in [1.807, 2.05) is 6.08 Å². The molecular weight excluding hydrogens is 294 g/mol. The Labute approximate surface area is 145 Å².